The number of carbonyl (C=O) groups is 1. The van der Waals surface area contributed by atoms with Gasteiger partial charge in [0.15, 0.2) is 5.65 Å². The Morgan fingerprint density at radius 3 is 2.73 bits per heavy atom. The zero-order valence-corrected chi connectivity index (χ0v) is 14.5. The summed E-state index contributed by atoms with van der Waals surface area (Å²) >= 11 is 0. The molecule has 2 heterocycles. The number of fused-ring (bicyclic) bond motifs is 1. The minimum atomic E-state index is -0.532. The first kappa shape index (κ1) is 17.8. The molecular formula is C18H19FN4O3. The summed E-state index contributed by atoms with van der Waals surface area (Å²) in [4.78, 5) is 30.6. The minimum Gasteiger partial charge on any atom is -0.462 e. The molecule has 0 unspecified atom stereocenters. The molecule has 0 radical (unpaired) electrons. The molecule has 8 heteroatoms. The number of benzene rings is 1. The Bertz CT molecular complexity index is 978. The van der Waals surface area contributed by atoms with Crippen LogP contribution < -0.4 is 5.56 Å². The van der Waals surface area contributed by atoms with Crippen molar-refractivity contribution < 1.29 is 13.9 Å². The third kappa shape index (κ3) is 3.80. The van der Waals surface area contributed by atoms with Gasteiger partial charge in [0.2, 0.25) is 0 Å². The van der Waals surface area contributed by atoms with Crippen LogP contribution in [-0.4, -0.2) is 39.1 Å². The lowest BCUT2D eigenvalue weighted by atomic mass is 10.2. The summed E-state index contributed by atoms with van der Waals surface area (Å²) in [6.45, 7) is 2.92. The van der Waals surface area contributed by atoms with E-state index in [2.05, 4.69) is 10.1 Å². The van der Waals surface area contributed by atoms with Crippen LogP contribution in [0.2, 0.25) is 0 Å². The first-order valence-corrected chi connectivity index (χ1v) is 8.18. The fraction of sp³-hybridized carbons (Fsp3) is 0.278. The third-order valence-electron chi connectivity index (χ3n) is 3.84. The van der Waals surface area contributed by atoms with E-state index in [-0.39, 0.29) is 29.2 Å². The Kier molecular flexibility index (Phi) is 5.13. The van der Waals surface area contributed by atoms with Gasteiger partial charge in [-0.25, -0.2) is 18.7 Å². The number of aromatic amines is 1. The highest BCUT2D eigenvalue weighted by molar-refractivity contribution is 5.95. The number of nitrogens with zero attached hydrogens (tertiary/aromatic N) is 3. The van der Waals surface area contributed by atoms with Crippen LogP contribution in [0, 0.1) is 5.82 Å². The number of aromatic nitrogens is 3. The van der Waals surface area contributed by atoms with Gasteiger partial charge in [0, 0.05) is 25.4 Å². The highest BCUT2D eigenvalue weighted by atomic mass is 19.1. The van der Waals surface area contributed by atoms with Gasteiger partial charge in [-0.15, -0.1) is 0 Å². The van der Waals surface area contributed by atoms with Crippen molar-refractivity contribution in [1.82, 2.24) is 19.5 Å². The molecule has 0 aliphatic heterocycles. The van der Waals surface area contributed by atoms with Crippen LogP contribution in [0.3, 0.4) is 0 Å². The number of nitrogens with one attached hydrogen (secondary N) is 1. The van der Waals surface area contributed by atoms with E-state index < -0.39 is 5.97 Å². The molecular weight excluding hydrogens is 339 g/mol. The lowest BCUT2D eigenvalue weighted by Crippen LogP contribution is -2.22. The standard InChI is InChI=1S/C18H19FN4O3/c1-3-26-18(25)15-9-20-23-16(24)8-14(21-17(15)23)11-22(2)10-12-4-6-13(19)7-5-12/h4-9,20H,3,10-11H2,1-2H3. The molecule has 0 aliphatic rings. The summed E-state index contributed by atoms with van der Waals surface area (Å²) in [5.41, 5.74) is 1.62. The molecule has 1 N–H and O–H groups in total. The highest BCUT2D eigenvalue weighted by Crippen LogP contribution is 2.11. The predicted molar refractivity (Wildman–Crippen MR) is 93.3 cm³/mol. The first-order valence-electron chi connectivity index (χ1n) is 8.18. The molecule has 0 aliphatic carbocycles. The highest BCUT2D eigenvalue weighted by Gasteiger charge is 2.17. The zero-order chi connectivity index (χ0) is 18.7. The van der Waals surface area contributed by atoms with E-state index in [0.717, 1.165) is 5.56 Å². The largest absolute Gasteiger partial charge is 0.462 e. The van der Waals surface area contributed by atoms with Crippen LogP contribution in [0.5, 0.6) is 0 Å². The normalized spacial score (nSPS) is 11.2. The van der Waals surface area contributed by atoms with Gasteiger partial charge >= 0.3 is 5.97 Å². The summed E-state index contributed by atoms with van der Waals surface area (Å²) in [5.74, 6) is -0.814. The van der Waals surface area contributed by atoms with Gasteiger partial charge in [0.1, 0.15) is 11.4 Å². The Labute approximate surface area is 149 Å². The van der Waals surface area contributed by atoms with Crippen molar-refractivity contribution in [2.24, 2.45) is 0 Å². The number of halogens is 1. The quantitative estimate of drug-likeness (QED) is 0.682. The van der Waals surface area contributed by atoms with Gasteiger partial charge in [-0.3, -0.25) is 14.8 Å². The zero-order valence-electron chi connectivity index (χ0n) is 14.5. The van der Waals surface area contributed by atoms with Crippen LogP contribution in [0.25, 0.3) is 5.65 Å². The summed E-state index contributed by atoms with van der Waals surface area (Å²) in [6.07, 6.45) is 1.41. The molecule has 0 spiro atoms. The number of hydrogen-bond donors (Lipinski definition) is 1. The van der Waals surface area contributed by atoms with Crippen LogP contribution in [-0.2, 0) is 17.8 Å². The molecule has 0 fully saturated rings. The number of carbonyl (C=O) groups excluding carboxylic acids is 1. The molecule has 3 aromatic rings. The van der Waals surface area contributed by atoms with Crippen molar-refractivity contribution in [3.05, 3.63) is 69.5 Å². The number of esters is 1. The fourth-order valence-corrected chi connectivity index (χ4v) is 2.70. The van der Waals surface area contributed by atoms with E-state index in [1.54, 1.807) is 19.1 Å². The van der Waals surface area contributed by atoms with Crippen molar-refractivity contribution in [1.29, 1.82) is 0 Å². The van der Waals surface area contributed by atoms with E-state index >= 15 is 0 Å². The monoisotopic (exact) mass is 358 g/mol. The molecule has 26 heavy (non-hydrogen) atoms. The van der Waals surface area contributed by atoms with Gasteiger partial charge in [0.25, 0.3) is 5.56 Å². The van der Waals surface area contributed by atoms with Crippen LogP contribution in [0.15, 0.2) is 41.3 Å². The number of H-pyrrole nitrogens is 1. The summed E-state index contributed by atoms with van der Waals surface area (Å²) in [6, 6.07) is 7.65. The van der Waals surface area contributed by atoms with Crippen LogP contribution in [0.1, 0.15) is 28.5 Å². The van der Waals surface area contributed by atoms with Crippen LogP contribution in [0.4, 0.5) is 4.39 Å². The lowest BCUT2D eigenvalue weighted by molar-refractivity contribution is 0.0528. The molecule has 0 saturated heterocycles. The van der Waals surface area contributed by atoms with Crippen molar-refractivity contribution in [3.63, 3.8) is 0 Å². The Balaban J connectivity index is 1.83. The molecule has 0 amide bonds. The topological polar surface area (TPSA) is 79.7 Å². The van der Waals surface area contributed by atoms with Crippen molar-refractivity contribution in [3.8, 4) is 0 Å². The molecule has 3 rings (SSSR count). The molecule has 0 atom stereocenters. The lowest BCUT2D eigenvalue weighted by Gasteiger charge is -2.16. The molecule has 1 aromatic carbocycles. The second kappa shape index (κ2) is 7.49. The number of hydrogen-bond acceptors (Lipinski definition) is 5. The predicted octanol–water partition coefficient (Wildman–Crippen LogP) is 1.97. The maximum Gasteiger partial charge on any atom is 0.343 e. The second-order valence-corrected chi connectivity index (χ2v) is 5.95. The summed E-state index contributed by atoms with van der Waals surface area (Å²) < 4.78 is 19.2. The second-order valence-electron chi connectivity index (χ2n) is 5.95. The van der Waals surface area contributed by atoms with Gasteiger partial charge in [0.05, 0.1) is 12.3 Å². The van der Waals surface area contributed by atoms with Crippen molar-refractivity contribution in [2.75, 3.05) is 13.7 Å². The SMILES string of the molecule is CCOC(=O)c1c[nH]n2c(=O)cc(CN(C)Cc3ccc(F)cc3)nc12. The summed E-state index contributed by atoms with van der Waals surface area (Å²) in [5, 5.41) is 2.71. The van der Waals surface area contributed by atoms with Crippen molar-refractivity contribution in [2.45, 2.75) is 20.0 Å². The van der Waals surface area contributed by atoms with E-state index in [9.17, 15) is 14.0 Å². The van der Waals surface area contributed by atoms with E-state index in [1.807, 2.05) is 11.9 Å². The maximum absolute atomic E-state index is 13.0. The Hall–Kier alpha value is -3.00. The molecule has 0 saturated carbocycles. The van der Waals surface area contributed by atoms with Crippen LogP contribution >= 0.6 is 0 Å². The number of rotatable bonds is 6. The molecule has 7 nitrogen and oxygen atoms in total. The van der Waals surface area contributed by atoms with Gasteiger partial charge in [-0.05, 0) is 31.7 Å². The maximum atomic E-state index is 13.0. The molecule has 2 aromatic heterocycles. The van der Waals surface area contributed by atoms with E-state index in [0.29, 0.717) is 18.8 Å². The Morgan fingerprint density at radius 2 is 2.04 bits per heavy atom. The Morgan fingerprint density at radius 1 is 1.31 bits per heavy atom. The average Bonchev–Trinajstić information content (AvgIpc) is 3.01. The van der Waals surface area contributed by atoms with Gasteiger partial charge in [-0.1, -0.05) is 12.1 Å². The fourth-order valence-electron chi connectivity index (χ4n) is 2.70. The number of ether oxygens (including phenoxy) is 1. The minimum absolute atomic E-state index is 0.215. The van der Waals surface area contributed by atoms with E-state index in [4.69, 9.17) is 4.74 Å². The van der Waals surface area contributed by atoms with Gasteiger partial charge < -0.3 is 4.74 Å². The van der Waals surface area contributed by atoms with Gasteiger partial charge in [-0.2, -0.15) is 0 Å². The average molecular weight is 358 g/mol. The van der Waals surface area contributed by atoms with Crippen molar-refractivity contribution >= 4 is 11.6 Å². The molecule has 136 valence electrons. The third-order valence-corrected chi connectivity index (χ3v) is 3.84. The summed E-state index contributed by atoms with van der Waals surface area (Å²) in [7, 11) is 1.87. The smallest absolute Gasteiger partial charge is 0.343 e. The molecule has 0 bridgehead atoms. The first-order chi connectivity index (χ1) is 12.5. The van der Waals surface area contributed by atoms with E-state index in [1.165, 1.54) is 28.9 Å².